The molecular formula is C55H100O6. The number of esters is 3. The fraction of sp³-hybridized carbons (Fsp3) is 0.836. The van der Waals surface area contributed by atoms with Crippen molar-refractivity contribution < 1.29 is 28.6 Å². The van der Waals surface area contributed by atoms with Crippen LogP contribution in [0.15, 0.2) is 36.5 Å². The molecule has 0 N–H and O–H groups in total. The molecule has 0 aliphatic heterocycles. The first-order valence-electron chi connectivity index (χ1n) is 26.5. The van der Waals surface area contributed by atoms with Crippen molar-refractivity contribution in [2.75, 3.05) is 13.2 Å². The molecule has 0 radical (unpaired) electrons. The van der Waals surface area contributed by atoms with Crippen LogP contribution in [0.4, 0.5) is 0 Å². The van der Waals surface area contributed by atoms with Crippen LogP contribution in [0.2, 0.25) is 0 Å². The van der Waals surface area contributed by atoms with Gasteiger partial charge in [0.15, 0.2) is 6.10 Å². The summed E-state index contributed by atoms with van der Waals surface area (Å²) in [7, 11) is 0. The molecule has 6 heteroatoms. The van der Waals surface area contributed by atoms with Crippen LogP contribution in [-0.2, 0) is 28.6 Å². The van der Waals surface area contributed by atoms with E-state index in [2.05, 4.69) is 57.2 Å². The van der Waals surface area contributed by atoms with Gasteiger partial charge in [-0.2, -0.15) is 0 Å². The summed E-state index contributed by atoms with van der Waals surface area (Å²) in [6, 6.07) is 0. The number of carbonyl (C=O) groups is 3. The Labute approximate surface area is 378 Å². The standard InChI is InChI=1S/C55H100O6/c1-4-7-10-13-16-19-20-21-22-23-24-25-26-27-28-29-30-31-32-33-34-37-39-42-45-48-54(57)60-51-52(61-55(58)49-46-43-40-36-18-15-12-9-6-3)50-59-53(56)47-44-41-38-35-17-14-11-8-5-2/h20-21,23-24,26-27,52H,4-19,22,25,28-51H2,1-3H3/b21-20-,24-23-,27-26-. The van der Waals surface area contributed by atoms with Crippen molar-refractivity contribution in [3.8, 4) is 0 Å². The van der Waals surface area contributed by atoms with Crippen molar-refractivity contribution >= 4 is 17.9 Å². The first-order chi connectivity index (χ1) is 30.0. The molecular weight excluding hydrogens is 757 g/mol. The quantitative estimate of drug-likeness (QED) is 0.0262. The molecule has 0 aromatic carbocycles. The van der Waals surface area contributed by atoms with E-state index in [1.807, 2.05) is 0 Å². The Kier molecular flexibility index (Phi) is 48.3. The van der Waals surface area contributed by atoms with Crippen LogP contribution < -0.4 is 0 Å². The average Bonchev–Trinajstić information content (AvgIpc) is 3.26. The number of rotatable bonds is 48. The number of carbonyl (C=O) groups excluding carboxylic acids is 3. The Morgan fingerprint density at radius 2 is 0.590 bits per heavy atom. The van der Waals surface area contributed by atoms with Crippen LogP contribution in [0.1, 0.15) is 278 Å². The van der Waals surface area contributed by atoms with E-state index in [1.54, 1.807) is 0 Å². The summed E-state index contributed by atoms with van der Waals surface area (Å²) < 4.78 is 16.7. The van der Waals surface area contributed by atoms with Gasteiger partial charge in [-0.3, -0.25) is 14.4 Å². The molecule has 6 nitrogen and oxygen atoms in total. The van der Waals surface area contributed by atoms with Gasteiger partial charge < -0.3 is 14.2 Å². The summed E-state index contributed by atoms with van der Waals surface area (Å²) in [6.07, 6.45) is 58.6. The summed E-state index contributed by atoms with van der Waals surface area (Å²) in [5.74, 6) is -0.870. The third kappa shape index (κ3) is 48.5. The zero-order valence-electron chi connectivity index (χ0n) is 40.7. The Bertz CT molecular complexity index is 1030. The lowest BCUT2D eigenvalue weighted by molar-refractivity contribution is -0.167. The summed E-state index contributed by atoms with van der Waals surface area (Å²) in [6.45, 7) is 6.60. The van der Waals surface area contributed by atoms with Crippen LogP contribution >= 0.6 is 0 Å². The van der Waals surface area contributed by atoms with Crippen molar-refractivity contribution in [1.82, 2.24) is 0 Å². The van der Waals surface area contributed by atoms with Crippen molar-refractivity contribution in [2.45, 2.75) is 284 Å². The third-order valence-corrected chi connectivity index (χ3v) is 11.6. The smallest absolute Gasteiger partial charge is 0.306 e. The first kappa shape index (κ1) is 58.6. The predicted molar refractivity (Wildman–Crippen MR) is 261 cm³/mol. The van der Waals surface area contributed by atoms with Gasteiger partial charge in [0.25, 0.3) is 0 Å². The summed E-state index contributed by atoms with van der Waals surface area (Å²) in [5, 5.41) is 0. The molecule has 0 aromatic heterocycles. The zero-order chi connectivity index (χ0) is 44.4. The molecule has 0 rings (SSSR count). The third-order valence-electron chi connectivity index (χ3n) is 11.6. The molecule has 1 atom stereocenters. The highest BCUT2D eigenvalue weighted by Gasteiger charge is 2.19. The lowest BCUT2D eigenvalue weighted by Gasteiger charge is -2.18. The monoisotopic (exact) mass is 857 g/mol. The van der Waals surface area contributed by atoms with E-state index < -0.39 is 6.10 Å². The van der Waals surface area contributed by atoms with E-state index in [1.165, 1.54) is 167 Å². The van der Waals surface area contributed by atoms with Crippen LogP contribution in [0, 0.1) is 0 Å². The Morgan fingerprint density at radius 3 is 0.918 bits per heavy atom. The maximum atomic E-state index is 12.7. The molecule has 0 bridgehead atoms. The van der Waals surface area contributed by atoms with Gasteiger partial charge in [0, 0.05) is 19.3 Å². The molecule has 0 amide bonds. The Morgan fingerprint density at radius 1 is 0.328 bits per heavy atom. The molecule has 0 saturated carbocycles. The summed E-state index contributed by atoms with van der Waals surface area (Å²) in [4.78, 5) is 37.8. The van der Waals surface area contributed by atoms with E-state index in [9.17, 15) is 14.4 Å². The van der Waals surface area contributed by atoms with Crippen LogP contribution in [-0.4, -0.2) is 37.2 Å². The van der Waals surface area contributed by atoms with Gasteiger partial charge in [-0.05, 0) is 57.8 Å². The van der Waals surface area contributed by atoms with Crippen molar-refractivity contribution in [1.29, 1.82) is 0 Å². The highest BCUT2D eigenvalue weighted by atomic mass is 16.6. The minimum atomic E-state index is -0.766. The summed E-state index contributed by atoms with van der Waals surface area (Å²) >= 11 is 0. The van der Waals surface area contributed by atoms with Crippen LogP contribution in [0.25, 0.3) is 0 Å². The van der Waals surface area contributed by atoms with Crippen molar-refractivity contribution in [3.63, 3.8) is 0 Å². The fourth-order valence-corrected chi connectivity index (χ4v) is 7.63. The Balaban J connectivity index is 4.12. The van der Waals surface area contributed by atoms with E-state index in [-0.39, 0.29) is 31.1 Å². The van der Waals surface area contributed by atoms with Crippen LogP contribution in [0.3, 0.4) is 0 Å². The number of hydrogen-bond donors (Lipinski definition) is 0. The molecule has 1 unspecified atom stereocenters. The van der Waals surface area contributed by atoms with E-state index >= 15 is 0 Å². The van der Waals surface area contributed by atoms with Gasteiger partial charge in [0.2, 0.25) is 0 Å². The largest absolute Gasteiger partial charge is 0.462 e. The predicted octanol–water partition coefficient (Wildman–Crippen LogP) is 17.3. The molecule has 0 saturated heterocycles. The van der Waals surface area contributed by atoms with E-state index in [4.69, 9.17) is 14.2 Å². The molecule has 61 heavy (non-hydrogen) atoms. The molecule has 0 fully saturated rings. The topological polar surface area (TPSA) is 78.9 Å². The maximum absolute atomic E-state index is 12.7. The zero-order valence-corrected chi connectivity index (χ0v) is 40.7. The number of ether oxygens (including phenoxy) is 3. The van der Waals surface area contributed by atoms with Gasteiger partial charge in [-0.25, -0.2) is 0 Å². The molecule has 0 aliphatic rings. The first-order valence-corrected chi connectivity index (χ1v) is 26.5. The SMILES string of the molecule is CCCCCCC/C=C\C/C=C\C/C=C\CCCCCCCCCCCCC(=O)OCC(COC(=O)CCCCCCCCCCC)OC(=O)CCCCCCCCCCC. The van der Waals surface area contributed by atoms with Gasteiger partial charge in [-0.15, -0.1) is 0 Å². The van der Waals surface area contributed by atoms with Gasteiger partial charge in [0.1, 0.15) is 13.2 Å². The lowest BCUT2D eigenvalue weighted by Crippen LogP contribution is -2.30. The molecule has 0 aliphatic carbocycles. The van der Waals surface area contributed by atoms with Gasteiger partial charge in [0.05, 0.1) is 0 Å². The average molecular weight is 857 g/mol. The molecule has 0 aromatic rings. The second-order valence-corrected chi connectivity index (χ2v) is 17.8. The second kappa shape index (κ2) is 50.3. The minimum Gasteiger partial charge on any atom is -0.462 e. The number of unbranched alkanes of at least 4 members (excludes halogenated alkanes) is 31. The van der Waals surface area contributed by atoms with E-state index in [0.29, 0.717) is 19.3 Å². The van der Waals surface area contributed by atoms with Crippen LogP contribution in [0.5, 0.6) is 0 Å². The highest BCUT2D eigenvalue weighted by Crippen LogP contribution is 2.15. The van der Waals surface area contributed by atoms with E-state index in [0.717, 1.165) is 70.6 Å². The molecule has 356 valence electrons. The normalized spacial score (nSPS) is 12.2. The summed E-state index contributed by atoms with van der Waals surface area (Å²) in [5.41, 5.74) is 0. The van der Waals surface area contributed by atoms with Gasteiger partial charge in [-0.1, -0.05) is 237 Å². The molecule has 0 spiro atoms. The van der Waals surface area contributed by atoms with Crippen molar-refractivity contribution in [3.05, 3.63) is 36.5 Å². The van der Waals surface area contributed by atoms with Crippen molar-refractivity contribution in [2.24, 2.45) is 0 Å². The fourth-order valence-electron chi connectivity index (χ4n) is 7.63. The Hall–Kier alpha value is -2.37. The number of hydrogen-bond acceptors (Lipinski definition) is 6. The van der Waals surface area contributed by atoms with Gasteiger partial charge >= 0.3 is 17.9 Å². The molecule has 0 heterocycles. The number of allylic oxidation sites excluding steroid dienone is 6. The highest BCUT2D eigenvalue weighted by molar-refractivity contribution is 5.71. The lowest BCUT2D eigenvalue weighted by atomic mass is 10.1. The maximum Gasteiger partial charge on any atom is 0.306 e. The second-order valence-electron chi connectivity index (χ2n) is 17.8. The minimum absolute atomic E-state index is 0.0697.